The van der Waals surface area contributed by atoms with Crippen LogP contribution in [0, 0.1) is 6.92 Å². The standard InChI is InChI=1S/C9H10BrClO/c1-3-12-9-6(2)8(11)5-4-7(9)10/h4-5H,3H2,1-2H3. The SMILES string of the molecule is CCOc1c(Br)ccc(Cl)c1C. The van der Waals surface area contributed by atoms with E-state index in [0.717, 1.165) is 20.8 Å². The van der Waals surface area contributed by atoms with Gasteiger partial charge in [-0.05, 0) is 41.9 Å². The minimum atomic E-state index is 0.653. The zero-order chi connectivity index (χ0) is 9.14. The average molecular weight is 250 g/mol. The predicted molar refractivity (Wildman–Crippen MR) is 55.1 cm³/mol. The number of hydrogen-bond donors (Lipinski definition) is 0. The van der Waals surface area contributed by atoms with Crippen LogP contribution in [0.4, 0.5) is 0 Å². The molecule has 1 aromatic carbocycles. The summed E-state index contributed by atoms with van der Waals surface area (Å²) in [6.45, 7) is 4.55. The van der Waals surface area contributed by atoms with E-state index in [-0.39, 0.29) is 0 Å². The van der Waals surface area contributed by atoms with Gasteiger partial charge in [0.05, 0.1) is 11.1 Å². The molecule has 0 amide bonds. The average Bonchev–Trinajstić information content (AvgIpc) is 2.06. The number of halogens is 2. The lowest BCUT2D eigenvalue weighted by Gasteiger charge is -2.09. The first kappa shape index (κ1) is 9.87. The third-order valence-electron chi connectivity index (χ3n) is 1.58. The van der Waals surface area contributed by atoms with Gasteiger partial charge < -0.3 is 4.74 Å². The maximum atomic E-state index is 5.92. The summed E-state index contributed by atoms with van der Waals surface area (Å²) in [7, 11) is 0. The highest BCUT2D eigenvalue weighted by Crippen LogP contribution is 2.33. The Morgan fingerprint density at radius 2 is 2.17 bits per heavy atom. The molecule has 12 heavy (non-hydrogen) atoms. The first-order chi connectivity index (χ1) is 5.66. The summed E-state index contributed by atoms with van der Waals surface area (Å²) in [6.07, 6.45) is 0. The molecule has 0 aliphatic carbocycles. The van der Waals surface area contributed by atoms with Gasteiger partial charge in [0.25, 0.3) is 0 Å². The zero-order valence-corrected chi connectivity index (χ0v) is 9.37. The summed E-state index contributed by atoms with van der Waals surface area (Å²) in [5.41, 5.74) is 0.980. The minimum absolute atomic E-state index is 0.653. The summed E-state index contributed by atoms with van der Waals surface area (Å²) < 4.78 is 6.37. The first-order valence-electron chi connectivity index (χ1n) is 3.74. The molecule has 0 radical (unpaired) electrons. The van der Waals surface area contributed by atoms with Crippen molar-refractivity contribution in [3.05, 3.63) is 27.2 Å². The van der Waals surface area contributed by atoms with Gasteiger partial charge in [0.1, 0.15) is 5.75 Å². The van der Waals surface area contributed by atoms with Crippen molar-refractivity contribution in [2.24, 2.45) is 0 Å². The van der Waals surface area contributed by atoms with Crippen LogP contribution in [0.1, 0.15) is 12.5 Å². The van der Waals surface area contributed by atoms with Crippen LogP contribution in [0.3, 0.4) is 0 Å². The Morgan fingerprint density at radius 1 is 1.50 bits per heavy atom. The Hall–Kier alpha value is -0.210. The van der Waals surface area contributed by atoms with Gasteiger partial charge in [0.15, 0.2) is 0 Å². The van der Waals surface area contributed by atoms with Crippen molar-refractivity contribution in [1.29, 1.82) is 0 Å². The molecule has 0 N–H and O–H groups in total. The summed E-state index contributed by atoms with van der Waals surface area (Å²) in [5.74, 6) is 0.838. The normalized spacial score (nSPS) is 10.0. The van der Waals surface area contributed by atoms with E-state index >= 15 is 0 Å². The van der Waals surface area contributed by atoms with Crippen molar-refractivity contribution >= 4 is 27.5 Å². The fourth-order valence-corrected chi connectivity index (χ4v) is 1.65. The van der Waals surface area contributed by atoms with Crippen LogP contribution in [-0.2, 0) is 0 Å². The second-order valence-electron chi connectivity index (χ2n) is 2.42. The van der Waals surface area contributed by atoms with Gasteiger partial charge in [-0.1, -0.05) is 11.6 Å². The van der Waals surface area contributed by atoms with E-state index in [4.69, 9.17) is 16.3 Å². The number of ether oxygens (including phenoxy) is 1. The lowest BCUT2D eigenvalue weighted by molar-refractivity contribution is 0.336. The molecule has 0 bridgehead atoms. The summed E-state index contributed by atoms with van der Waals surface area (Å²) in [5, 5.41) is 0.738. The largest absolute Gasteiger partial charge is 0.492 e. The third-order valence-corrected chi connectivity index (χ3v) is 2.61. The van der Waals surface area contributed by atoms with Gasteiger partial charge >= 0.3 is 0 Å². The molecule has 66 valence electrons. The lowest BCUT2D eigenvalue weighted by atomic mass is 10.2. The Bertz CT molecular complexity index is 286. The molecule has 1 nitrogen and oxygen atoms in total. The Balaban J connectivity index is 3.14. The summed E-state index contributed by atoms with van der Waals surface area (Å²) in [4.78, 5) is 0. The van der Waals surface area contributed by atoms with E-state index in [9.17, 15) is 0 Å². The molecule has 1 rings (SSSR count). The van der Waals surface area contributed by atoms with Crippen LogP contribution in [0.2, 0.25) is 5.02 Å². The summed E-state index contributed by atoms with van der Waals surface area (Å²) in [6, 6.07) is 3.74. The van der Waals surface area contributed by atoms with Crippen molar-refractivity contribution in [2.45, 2.75) is 13.8 Å². The smallest absolute Gasteiger partial charge is 0.137 e. The van der Waals surface area contributed by atoms with Crippen LogP contribution >= 0.6 is 27.5 Å². The third kappa shape index (κ3) is 1.93. The molecule has 0 aliphatic rings. The molecule has 0 aromatic heterocycles. The van der Waals surface area contributed by atoms with E-state index in [0.29, 0.717) is 6.61 Å². The van der Waals surface area contributed by atoms with E-state index in [1.54, 1.807) is 0 Å². The monoisotopic (exact) mass is 248 g/mol. The van der Waals surface area contributed by atoms with Crippen LogP contribution in [0.15, 0.2) is 16.6 Å². The van der Waals surface area contributed by atoms with E-state index in [1.807, 2.05) is 26.0 Å². The van der Waals surface area contributed by atoms with Crippen molar-refractivity contribution in [2.75, 3.05) is 6.61 Å². The highest BCUT2D eigenvalue weighted by atomic mass is 79.9. The molecule has 0 unspecified atom stereocenters. The highest BCUT2D eigenvalue weighted by molar-refractivity contribution is 9.10. The number of hydrogen-bond acceptors (Lipinski definition) is 1. The quantitative estimate of drug-likeness (QED) is 0.774. The molecule has 1 aromatic rings. The van der Waals surface area contributed by atoms with Crippen molar-refractivity contribution in [3.8, 4) is 5.75 Å². The number of benzene rings is 1. The molecule has 0 saturated carbocycles. The van der Waals surface area contributed by atoms with E-state index in [1.165, 1.54) is 0 Å². The van der Waals surface area contributed by atoms with Crippen LogP contribution in [-0.4, -0.2) is 6.61 Å². The molecule has 0 heterocycles. The summed E-state index contributed by atoms with van der Waals surface area (Å²) >= 11 is 9.32. The lowest BCUT2D eigenvalue weighted by Crippen LogP contribution is -1.95. The van der Waals surface area contributed by atoms with Crippen molar-refractivity contribution in [1.82, 2.24) is 0 Å². The molecular weight excluding hydrogens is 239 g/mol. The Labute approximate surface area is 85.8 Å². The second kappa shape index (κ2) is 4.15. The van der Waals surface area contributed by atoms with E-state index in [2.05, 4.69) is 15.9 Å². The molecule has 3 heteroatoms. The van der Waals surface area contributed by atoms with Crippen LogP contribution < -0.4 is 4.74 Å². The van der Waals surface area contributed by atoms with E-state index < -0.39 is 0 Å². The maximum absolute atomic E-state index is 5.92. The molecule has 0 fully saturated rings. The molecule has 0 atom stereocenters. The van der Waals surface area contributed by atoms with Gasteiger partial charge in [0, 0.05) is 10.6 Å². The van der Waals surface area contributed by atoms with Crippen molar-refractivity contribution in [3.63, 3.8) is 0 Å². The predicted octanol–water partition coefficient (Wildman–Crippen LogP) is 3.81. The Morgan fingerprint density at radius 3 is 2.75 bits per heavy atom. The fourth-order valence-electron chi connectivity index (χ4n) is 0.956. The Kier molecular flexibility index (Phi) is 3.41. The fraction of sp³-hybridized carbons (Fsp3) is 0.333. The first-order valence-corrected chi connectivity index (χ1v) is 4.91. The van der Waals surface area contributed by atoms with Gasteiger partial charge in [-0.2, -0.15) is 0 Å². The molecule has 0 spiro atoms. The second-order valence-corrected chi connectivity index (χ2v) is 3.68. The van der Waals surface area contributed by atoms with Gasteiger partial charge in [-0.3, -0.25) is 0 Å². The van der Waals surface area contributed by atoms with Crippen molar-refractivity contribution < 1.29 is 4.74 Å². The topological polar surface area (TPSA) is 9.23 Å². The minimum Gasteiger partial charge on any atom is -0.492 e. The van der Waals surface area contributed by atoms with Gasteiger partial charge in [-0.25, -0.2) is 0 Å². The molecule has 0 saturated heterocycles. The maximum Gasteiger partial charge on any atom is 0.137 e. The molecule has 0 aliphatic heterocycles. The van der Waals surface area contributed by atoms with Crippen LogP contribution in [0.25, 0.3) is 0 Å². The molecular formula is C9H10BrClO. The van der Waals surface area contributed by atoms with Gasteiger partial charge in [0.2, 0.25) is 0 Å². The zero-order valence-electron chi connectivity index (χ0n) is 7.03. The van der Waals surface area contributed by atoms with Crippen LogP contribution in [0.5, 0.6) is 5.75 Å². The van der Waals surface area contributed by atoms with Gasteiger partial charge in [-0.15, -0.1) is 0 Å². The number of rotatable bonds is 2. The highest BCUT2D eigenvalue weighted by Gasteiger charge is 2.06.